The van der Waals surface area contributed by atoms with E-state index in [0.29, 0.717) is 36.6 Å². The van der Waals surface area contributed by atoms with Crippen molar-refractivity contribution in [1.29, 1.82) is 0 Å². The number of anilines is 1. The Morgan fingerprint density at radius 1 is 1.28 bits per heavy atom. The Morgan fingerprint density at radius 2 is 2.12 bits per heavy atom. The second-order valence-corrected chi connectivity index (χ2v) is 5.77. The van der Waals surface area contributed by atoms with Crippen LogP contribution in [0.3, 0.4) is 0 Å². The molecule has 0 aliphatic carbocycles. The number of nitrogens with zero attached hydrogens (tertiary/aromatic N) is 1. The predicted molar refractivity (Wildman–Crippen MR) is 94.1 cm³/mol. The van der Waals surface area contributed by atoms with Gasteiger partial charge in [-0.2, -0.15) is 0 Å². The molecule has 0 saturated heterocycles. The van der Waals surface area contributed by atoms with Crippen LogP contribution in [0.5, 0.6) is 11.5 Å². The van der Waals surface area contributed by atoms with Crippen molar-refractivity contribution in [2.75, 3.05) is 25.7 Å². The highest BCUT2D eigenvalue weighted by atomic mass is 16.5. The van der Waals surface area contributed by atoms with Gasteiger partial charge in [-0.05, 0) is 35.9 Å². The van der Waals surface area contributed by atoms with Crippen molar-refractivity contribution in [2.45, 2.75) is 13.0 Å². The number of hydrogen-bond acceptors (Lipinski definition) is 4. The Hall–Kier alpha value is -3.02. The third-order valence-electron chi connectivity index (χ3n) is 4.12. The van der Waals surface area contributed by atoms with Crippen LogP contribution in [0, 0.1) is 0 Å². The second-order valence-electron chi connectivity index (χ2n) is 5.77. The van der Waals surface area contributed by atoms with Crippen molar-refractivity contribution in [3.63, 3.8) is 0 Å². The summed E-state index contributed by atoms with van der Waals surface area (Å²) in [6.45, 7) is 0.730. The molecule has 1 aliphatic rings. The number of amides is 2. The largest absolute Gasteiger partial charge is 0.497 e. The van der Waals surface area contributed by atoms with Crippen molar-refractivity contribution < 1.29 is 19.1 Å². The van der Waals surface area contributed by atoms with E-state index in [1.807, 2.05) is 18.2 Å². The first-order valence-electron chi connectivity index (χ1n) is 8.03. The van der Waals surface area contributed by atoms with Gasteiger partial charge in [-0.3, -0.25) is 9.59 Å². The fourth-order valence-electron chi connectivity index (χ4n) is 2.66. The van der Waals surface area contributed by atoms with Crippen LogP contribution < -0.4 is 19.7 Å². The maximum atomic E-state index is 12.3. The maximum absolute atomic E-state index is 12.3. The zero-order chi connectivity index (χ0) is 17.8. The molecule has 3 rings (SSSR count). The first kappa shape index (κ1) is 16.8. The minimum absolute atomic E-state index is 0.0105. The van der Waals surface area contributed by atoms with Crippen LogP contribution in [-0.4, -0.2) is 32.6 Å². The van der Waals surface area contributed by atoms with Crippen molar-refractivity contribution >= 4 is 17.5 Å². The van der Waals surface area contributed by atoms with E-state index in [9.17, 15) is 9.59 Å². The van der Waals surface area contributed by atoms with Gasteiger partial charge in [0.15, 0.2) is 0 Å². The van der Waals surface area contributed by atoms with Crippen LogP contribution in [-0.2, 0) is 11.3 Å². The van der Waals surface area contributed by atoms with Gasteiger partial charge in [0.05, 0.1) is 25.8 Å². The molecule has 1 aliphatic heterocycles. The molecule has 0 radical (unpaired) electrons. The molecule has 0 fully saturated rings. The van der Waals surface area contributed by atoms with Crippen molar-refractivity contribution in [1.82, 2.24) is 5.32 Å². The van der Waals surface area contributed by atoms with Crippen LogP contribution in [0.25, 0.3) is 0 Å². The van der Waals surface area contributed by atoms with Gasteiger partial charge in [-0.25, -0.2) is 0 Å². The van der Waals surface area contributed by atoms with Crippen LogP contribution in [0.15, 0.2) is 42.5 Å². The quantitative estimate of drug-likeness (QED) is 0.928. The van der Waals surface area contributed by atoms with Gasteiger partial charge >= 0.3 is 0 Å². The van der Waals surface area contributed by atoms with Gasteiger partial charge in [0, 0.05) is 19.2 Å². The molecule has 1 N–H and O–H groups in total. The minimum Gasteiger partial charge on any atom is -0.497 e. The number of benzene rings is 2. The summed E-state index contributed by atoms with van der Waals surface area (Å²) in [5, 5.41) is 2.88. The molecular weight excluding hydrogens is 320 g/mol. The van der Waals surface area contributed by atoms with E-state index in [2.05, 4.69) is 5.32 Å². The Balaban J connectivity index is 1.72. The predicted octanol–water partition coefficient (Wildman–Crippen LogP) is 2.37. The summed E-state index contributed by atoms with van der Waals surface area (Å²) < 4.78 is 10.7. The molecule has 6 nitrogen and oxygen atoms in total. The molecule has 25 heavy (non-hydrogen) atoms. The van der Waals surface area contributed by atoms with E-state index >= 15 is 0 Å². The SMILES string of the molecule is COc1cccc(C(=O)NCc2ccc3c(c2)N(C)C(=O)CCO3)c1. The number of methoxy groups -OCH3 is 1. The van der Waals surface area contributed by atoms with Gasteiger partial charge < -0.3 is 19.7 Å². The average molecular weight is 340 g/mol. The van der Waals surface area contributed by atoms with Crippen LogP contribution in [0.2, 0.25) is 0 Å². The molecule has 0 spiro atoms. The van der Waals surface area contributed by atoms with E-state index in [-0.39, 0.29) is 11.8 Å². The first-order chi connectivity index (χ1) is 12.1. The fourth-order valence-corrected chi connectivity index (χ4v) is 2.66. The average Bonchev–Trinajstić information content (AvgIpc) is 2.79. The van der Waals surface area contributed by atoms with E-state index in [1.54, 1.807) is 43.3 Å². The molecular formula is C19H20N2O4. The zero-order valence-corrected chi connectivity index (χ0v) is 14.2. The summed E-state index contributed by atoms with van der Waals surface area (Å²) >= 11 is 0. The Kier molecular flexibility index (Phi) is 4.88. The lowest BCUT2D eigenvalue weighted by Crippen LogP contribution is -2.26. The number of carbonyl (C=O) groups excluding carboxylic acids is 2. The lowest BCUT2D eigenvalue weighted by Gasteiger charge is -2.17. The van der Waals surface area contributed by atoms with E-state index < -0.39 is 0 Å². The first-order valence-corrected chi connectivity index (χ1v) is 8.03. The summed E-state index contributed by atoms with van der Waals surface area (Å²) in [4.78, 5) is 25.8. The van der Waals surface area contributed by atoms with Gasteiger partial charge in [0.1, 0.15) is 11.5 Å². The summed E-state index contributed by atoms with van der Waals surface area (Å²) in [7, 11) is 3.29. The topological polar surface area (TPSA) is 67.9 Å². The molecule has 0 saturated carbocycles. The number of nitrogens with one attached hydrogen (secondary N) is 1. The highest BCUT2D eigenvalue weighted by Gasteiger charge is 2.20. The van der Waals surface area contributed by atoms with Gasteiger partial charge in [-0.1, -0.05) is 12.1 Å². The number of fused-ring (bicyclic) bond motifs is 1. The highest BCUT2D eigenvalue weighted by molar-refractivity contribution is 5.95. The third kappa shape index (κ3) is 3.74. The lowest BCUT2D eigenvalue weighted by molar-refractivity contribution is -0.118. The molecule has 0 atom stereocenters. The number of hydrogen-bond donors (Lipinski definition) is 1. The molecule has 6 heteroatoms. The van der Waals surface area contributed by atoms with Gasteiger partial charge in [0.2, 0.25) is 5.91 Å². The molecule has 130 valence electrons. The Morgan fingerprint density at radius 3 is 2.92 bits per heavy atom. The fraction of sp³-hybridized carbons (Fsp3) is 0.263. The standard InChI is InChI=1S/C19H20N2O4/c1-21-16-10-13(6-7-17(16)25-9-8-18(21)22)12-20-19(23)14-4-3-5-15(11-14)24-2/h3-7,10-11H,8-9,12H2,1-2H3,(H,20,23). The smallest absolute Gasteiger partial charge is 0.251 e. The Labute approximate surface area is 146 Å². The summed E-state index contributed by atoms with van der Waals surface area (Å²) in [5.74, 6) is 1.14. The molecule has 2 amide bonds. The van der Waals surface area contributed by atoms with Crippen molar-refractivity contribution in [3.05, 3.63) is 53.6 Å². The number of ether oxygens (including phenoxy) is 2. The second kappa shape index (κ2) is 7.25. The van der Waals surface area contributed by atoms with Gasteiger partial charge in [0.25, 0.3) is 5.91 Å². The highest BCUT2D eigenvalue weighted by Crippen LogP contribution is 2.31. The van der Waals surface area contributed by atoms with E-state index in [4.69, 9.17) is 9.47 Å². The summed E-state index contributed by atoms with van der Waals surface area (Å²) in [6, 6.07) is 12.6. The zero-order valence-electron chi connectivity index (χ0n) is 14.2. The monoisotopic (exact) mass is 340 g/mol. The molecule has 2 aromatic carbocycles. The van der Waals surface area contributed by atoms with E-state index in [1.165, 1.54) is 0 Å². The lowest BCUT2D eigenvalue weighted by atomic mass is 10.1. The van der Waals surface area contributed by atoms with Gasteiger partial charge in [-0.15, -0.1) is 0 Å². The third-order valence-corrected chi connectivity index (χ3v) is 4.12. The molecule has 0 bridgehead atoms. The van der Waals surface area contributed by atoms with Crippen molar-refractivity contribution in [2.24, 2.45) is 0 Å². The van der Waals surface area contributed by atoms with E-state index in [0.717, 1.165) is 11.3 Å². The normalized spacial score (nSPS) is 13.5. The molecule has 0 aromatic heterocycles. The maximum Gasteiger partial charge on any atom is 0.251 e. The summed E-state index contributed by atoms with van der Waals surface area (Å²) in [5.41, 5.74) is 2.14. The molecule has 2 aromatic rings. The molecule has 1 heterocycles. The summed E-state index contributed by atoms with van der Waals surface area (Å²) in [6.07, 6.45) is 0.354. The van der Waals surface area contributed by atoms with Crippen LogP contribution in [0.1, 0.15) is 22.3 Å². The van der Waals surface area contributed by atoms with Crippen LogP contribution >= 0.6 is 0 Å². The van der Waals surface area contributed by atoms with Crippen molar-refractivity contribution in [3.8, 4) is 11.5 Å². The number of carbonyl (C=O) groups is 2. The molecule has 0 unspecified atom stereocenters. The van der Waals surface area contributed by atoms with Crippen LogP contribution in [0.4, 0.5) is 5.69 Å². The Bertz CT molecular complexity index is 804. The number of rotatable bonds is 4. The minimum atomic E-state index is -0.186.